The molecule has 1 aliphatic rings. The summed E-state index contributed by atoms with van der Waals surface area (Å²) in [6, 6.07) is 11.9. The van der Waals surface area contributed by atoms with Crippen LogP contribution in [0.4, 0.5) is 11.4 Å². The average molecular weight is 390 g/mol. The number of hydrogen-bond donors (Lipinski definition) is 0. The molecule has 1 atom stereocenters. The quantitative estimate of drug-likeness (QED) is 0.551. The van der Waals surface area contributed by atoms with Crippen LogP contribution in [0.1, 0.15) is 31.4 Å². The number of nitro benzene ring substituents is 1. The maximum atomic E-state index is 11.8. The summed E-state index contributed by atoms with van der Waals surface area (Å²) >= 11 is 0. The highest BCUT2D eigenvalue weighted by Gasteiger charge is 2.31. The van der Waals surface area contributed by atoms with Crippen LogP contribution in [0.5, 0.6) is 5.75 Å². The standard InChI is InChI=1S/C19H22N2O5S/c1-3-26-15-8-6-14(7-9-15)17-5-4-12-20(17)18-11-10-16(27(2,24)25)13-19(18)21(22)23/h6-11,13,17H,3-5,12H2,1-2H3/t17-/m0/s1. The van der Waals surface area contributed by atoms with Crippen molar-refractivity contribution in [2.75, 3.05) is 24.3 Å². The summed E-state index contributed by atoms with van der Waals surface area (Å²) in [6.45, 7) is 3.19. The molecule has 3 rings (SSSR count). The highest BCUT2D eigenvalue weighted by atomic mass is 32.2. The Balaban J connectivity index is 1.98. The SMILES string of the molecule is CCOc1ccc([C@@H]2CCCN2c2ccc(S(C)(=O)=O)cc2[N+](=O)[O-])cc1. The Hall–Kier alpha value is -2.61. The first-order chi connectivity index (χ1) is 12.8. The second-order valence-corrected chi connectivity index (χ2v) is 8.55. The van der Waals surface area contributed by atoms with E-state index in [9.17, 15) is 18.5 Å². The molecule has 7 nitrogen and oxygen atoms in total. The molecular weight excluding hydrogens is 368 g/mol. The summed E-state index contributed by atoms with van der Waals surface area (Å²) in [5, 5.41) is 11.6. The lowest BCUT2D eigenvalue weighted by Crippen LogP contribution is -2.23. The Morgan fingerprint density at radius 2 is 1.93 bits per heavy atom. The van der Waals surface area contributed by atoms with Gasteiger partial charge in [-0.1, -0.05) is 12.1 Å². The predicted molar refractivity (Wildman–Crippen MR) is 103 cm³/mol. The van der Waals surface area contributed by atoms with Crippen LogP contribution < -0.4 is 9.64 Å². The van der Waals surface area contributed by atoms with E-state index in [4.69, 9.17) is 4.74 Å². The lowest BCUT2D eigenvalue weighted by atomic mass is 10.0. The van der Waals surface area contributed by atoms with Gasteiger partial charge in [-0.25, -0.2) is 8.42 Å². The molecule has 144 valence electrons. The molecule has 1 fully saturated rings. The number of anilines is 1. The fraction of sp³-hybridized carbons (Fsp3) is 0.368. The molecule has 27 heavy (non-hydrogen) atoms. The Labute approximate surface area is 158 Å². The largest absolute Gasteiger partial charge is 0.494 e. The van der Waals surface area contributed by atoms with Gasteiger partial charge in [0, 0.05) is 18.9 Å². The molecule has 0 amide bonds. The van der Waals surface area contributed by atoms with Crippen LogP contribution in [-0.4, -0.2) is 32.7 Å². The van der Waals surface area contributed by atoms with E-state index in [1.165, 1.54) is 6.07 Å². The van der Waals surface area contributed by atoms with Gasteiger partial charge >= 0.3 is 0 Å². The summed E-state index contributed by atoms with van der Waals surface area (Å²) in [4.78, 5) is 13.0. The van der Waals surface area contributed by atoms with E-state index in [1.807, 2.05) is 36.1 Å². The van der Waals surface area contributed by atoms with Crippen LogP contribution in [0, 0.1) is 10.1 Å². The van der Waals surface area contributed by atoms with Gasteiger partial charge in [-0.15, -0.1) is 0 Å². The normalized spacial score (nSPS) is 17.1. The fourth-order valence-corrected chi connectivity index (χ4v) is 4.12. The number of rotatable bonds is 6. The van der Waals surface area contributed by atoms with Crippen LogP contribution in [0.3, 0.4) is 0 Å². The summed E-state index contributed by atoms with van der Waals surface area (Å²) in [5.41, 5.74) is 1.32. The molecule has 0 radical (unpaired) electrons. The zero-order valence-corrected chi connectivity index (χ0v) is 16.1. The molecule has 1 heterocycles. The van der Waals surface area contributed by atoms with Crippen LogP contribution in [0.15, 0.2) is 47.4 Å². The second kappa shape index (κ2) is 7.56. The Morgan fingerprint density at radius 1 is 1.22 bits per heavy atom. The summed E-state index contributed by atoms with van der Waals surface area (Å²) in [6.07, 6.45) is 2.83. The lowest BCUT2D eigenvalue weighted by Gasteiger charge is -2.27. The van der Waals surface area contributed by atoms with Gasteiger partial charge < -0.3 is 9.64 Å². The molecule has 0 aliphatic carbocycles. The molecule has 0 N–H and O–H groups in total. The van der Waals surface area contributed by atoms with Crippen LogP contribution in [0.25, 0.3) is 0 Å². The van der Waals surface area contributed by atoms with Gasteiger partial charge in [-0.3, -0.25) is 10.1 Å². The highest BCUT2D eigenvalue weighted by molar-refractivity contribution is 7.90. The Bertz CT molecular complexity index is 941. The third-order valence-corrected chi connectivity index (χ3v) is 5.82. The molecule has 2 aromatic rings. The lowest BCUT2D eigenvalue weighted by molar-refractivity contribution is -0.384. The molecule has 0 bridgehead atoms. The predicted octanol–water partition coefficient (Wildman–Crippen LogP) is 3.74. The summed E-state index contributed by atoms with van der Waals surface area (Å²) in [7, 11) is -3.51. The van der Waals surface area contributed by atoms with Crippen molar-refractivity contribution in [1.82, 2.24) is 0 Å². The van der Waals surface area contributed by atoms with E-state index in [1.54, 1.807) is 6.07 Å². The van der Waals surface area contributed by atoms with Crippen molar-refractivity contribution >= 4 is 21.2 Å². The molecule has 0 unspecified atom stereocenters. The number of nitrogens with zero attached hydrogens (tertiary/aromatic N) is 2. The summed E-state index contributed by atoms with van der Waals surface area (Å²) < 4.78 is 29.0. The van der Waals surface area contributed by atoms with Gasteiger partial charge in [0.25, 0.3) is 5.69 Å². The number of sulfone groups is 1. The maximum absolute atomic E-state index is 11.8. The minimum Gasteiger partial charge on any atom is -0.494 e. The minimum absolute atomic E-state index is 0.00320. The first-order valence-electron chi connectivity index (χ1n) is 8.79. The Morgan fingerprint density at radius 3 is 2.52 bits per heavy atom. The Kier molecular flexibility index (Phi) is 5.36. The van der Waals surface area contributed by atoms with Gasteiger partial charge in [0.2, 0.25) is 0 Å². The van der Waals surface area contributed by atoms with Crippen molar-refractivity contribution in [2.24, 2.45) is 0 Å². The third-order valence-electron chi connectivity index (χ3n) is 4.71. The maximum Gasteiger partial charge on any atom is 0.293 e. The number of benzene rings is 2. The van der Waals surface area contributed by atoms with Gasteiger partial charge in [-0.05, 0) is 49.6 Å². The van der Waals surface area contributed by atoms with Crippen LogP contribution in [0.2, 0.25) is 0 Å². The number of ether oxygens (including phenoxy) is 1. The third kappa shape index (κ3) is 4.05. The van der Waals surface area contributed by atoms with Gasteiger partial charge in [-0.2, -0.15) is 0 Å². The van der Waals surface area contributed by atoms with Crippen molar-refractivity contribution in [3.63, 3.8) is 0 Å². The molecule has 0 saturated carbocycles. The van der Waals surface area contributed by atoms with Crippen LogP contribution in [-0.2, 0) is 9.84 Å². The van der Waals surface area contributed by atoms with Crippen molar-refractivity contribution in [2.45, 2.75) is 30.7 Å². The van der Waals surface area contributed by atoms with Gasteiger partial charge in [0.1, 0.15) is 11.4 Å². The monoisotopic (exact) mass is 390 g/mol. The molecule has 1 aliphatic heterocycles. The molecular formula is C19H22N2O5S. The zero-order chi connectivity index (χ0) is 19.6. The second-order valence-electron chi connectivity index (χ2n) is 6.53. The van der Waals surface area contributed by atoms with E-state index < -0.39 is 14.8 Å². The van der Waals surface area contributed by atoms with Crippen molar-refractivity contribution < 1.29 is 18.1 Å². The highest BCUT2D eigenvalue weighted by Crippen LogP contribution is 2.41. The molecule has 1 saturated heterocycles. The fourth-order valence-electron chi connectivity index (χ4n) is 3.48. The molecule has 8 heteroatoms. The van der Waals surface area contributed by atoms with Crippen LogP contribution >= 0.6 is 0 Å². The van der Waals surface area contributed by atoms with Crippen molar-refractivity contribution in [3.05, 3.63) is 58.1 Å². The topological polar surface area (TPSA) is 89.8 Å². The van der Waals surface area contributed by atoms with E-state index >= 15 is 0 Å². The first kappa shape index (κ1) is 19.2. The zero-order valence-electron chi connectivity index (χ0n) is 15.3. The first-order valence-corrected chi connectivity index (χ1v) is 10.7. The van der Waals surface area contributed by atoms with Gasteiger partial charge in [0.15, 0.2) is 9.84 Å². The number of nitro groups is 1. The van der Waals surface area contributed by atoms with E-state index in [2.05, 4.69) is 0 Å². The number of hydrogen-bond acceptors (Lipinski definition) is 6. The summed E-state index contributed by atoms with van der Waals surface area (Å²) in [5.74, 6) is 0.786. The molecule has 0 spiro atoms. The molecule has 0 aromatic heterocycles. The average Bonchev–Trinajstić information content (AvgIpc) is 3.11. The molecule has 2 aromatic carbocycles. The smallest absolute Gasteiger partial charge is 0.293 e. The van der Waals surface area contributed by atoms with Gasteiger partial charge in [0.05, 0.1) is 22.5 Å². The van der Waals surface area contributed by atoms with E-state index in [-0.39, 0.29) is 16.6 Å². The van der Waals surface area contributed by atoms with E-state index in [0.717, 1.165) is 36.5 Å². The van der Waals surface area contributed by atoms with Crippen molar-refractivity contribution in [3.8, 4) is 5.75 Å². The van der Waals surface area contributed by atoms with E-state index in [0.29, 0.717) is 18.8 Å². The van der Waals surface area contributed by atoms with Crippen molar-refractivity contribution in [1.29, 1.82) is 0 Å². The minimum atomic E-state index is -3.51.